The van der Waals surface area contributed by atoms with E-state index in [1.165, 1.54) is 38.5 Å². The van der Waals surface area contributed by atoms with Crippen molar-refractivity contribution in [3.8, 4) is 17.2 Å². The van der Waals surface area contributed by atoms with Crippen LogP contribution >= 0.6 is 12.2 Å². The lowest BCUT2D eigenvalue weighted by molar-refractivity contribution is 0.133. The fraction of sp³-hybridized carbons (Fsp3) is 0.556. The fourth-order valence-electron chi connectivity index (χ4n) is 3.57. The van der Waals surface area contributed by atoms with Gasteiger partial charge >= 0.3 is 0 Å². The molecule has 0 amide bonds. The van der Waals surface area contributed by atoms with Gasteiger partial charge < -0.3 is 9.15 Å². The van der Waals surface area contributed by atoms with Crippen LogP contribution in [0.5, 0.6) is 5.75 Å². The Kier molecular flexibility index (Phi) is 4.41. The van der Waals surface area contributed by atoms with Crippen LogP contribution in [0.15, 0.2) is 28.7 Å². The lowest BCUT2D eigenvalue weighted by Crippen LogP contribution is -2.37. The molecule has 1 aromatic heterocycles. The highest BCUT2D eigenvalue weighted by Gasteiger charge is 2.35. The number of rotatable bonds is 6. The maximum Gasteiger partial charge on any atom is 0.288 e. The Morgan fingerprint density at radius 2 is 1.83 bits per heavy atom. The van der Waals surface area contributed by atoms with E-state index in [-0.39, 0.29) is 0 Å². The van der Waals surface area contributed by atoms with Crippen molar-refractivity contribution in [1.29, 1.82) is 0 Å². The van der Waals surface area contributed by atoms with Crippen molar-refractivity contribution in [2.24, 2.45) is 0 Å². The topological polar surface area (TPSA) is 43.4 Å². The normalized spacial score (nSPS) is 18.4. The van der Waals surface area contributed by atoms with Gasteiger partial charge in [0, 0.05) is 17.6 Å². The Hall–Kier alpha value is -1.66. The number of nitrogens with zero attached hydrogens (tertiary/aromatic N) is 3. The van der Waals surface area contributed by atoms with Crippen LogP contribution in [0.25, 0.3) is 11.5 Å². The van der Waals surface area contributed by atoms with Crippen LogP contribution < -0.4 is 4.74 Å². The van der Waals surface area contributed by atoms with Crippen LogP contribution in [0.2, 0.25) is 0 Å². The molecule has 1 aromatic carbocycles. The summed E-state index contributed by atoms with van der Waals surface area (Å²) in [5, 5.41) is 4.62. The van der Waals surface area contributed by atoms with E-state index < -0.39 is 0 Å². The first kappa shape index (κ1) is 15.8. The summed E-state index contributed by atoms with van der Waals surface area (Å²) in [6.07, 6.45) is 7.88. The molecule has 0 radical (unpaired) electrons. The fourth-order valence-corrected chi connectivity index (χ4v) is 3.75. The van der Waals surface area contributed by atoms with E-state index in [4.69, 9.17) is 21.4 Å². The van der Waals surface area contributed by atoms with Gasteiger partial charge in [0.25, 0.3) is 4.84 Å². The van der Waals surface area contributed by atoms with Crippen LogP contribution in [0.3, 0.4) is 0 Å². The van der Waals surface area contributed by atoms with Gasteiger partial charge in [0.15, 0.2) is 0 Å². The molecule has 2 aliphatic carbocycles. The van der Waals surface area contributed by atoms with Gasteiger partial charge in [0.1, 0.15) is 5.75 Å². The molecule has 4 rings (SSSR count). The zero-order chi connectivity index (χ0) is 16.5. The molecule has 0 atom stereocenters. The summed E-state index contributed by atoms with van der Waals surface area (Å²) in [5.41, 5.74) is 0.916. The highest BCUT2D eigenvalue weighted by atomic mass is 32.1. The lowest BCUT2D eigenvalue weighted by Gasteiger charge is -2.28. The standard InChI is InChI=1S/C18H23N3O2S/c1-22-16-10-6-13(7-11-16)17-19-21(18(24)23-17)12-20(15-8-9-15)14-4-2-3-5-14/h6-7,10-11,14-15H,2-5,8-9,12H2,1H3. The third-order valence-electron chi connectivity index (χ3n) is 5.05. The van der Waals surface area contributed by atoms with E-state index in [1.807, 2.05) is 28.9 Å². The van der Waals surface area contributed by atoms with E-state index in [9.17, 15) is 0 Å². The molecule has 0 spiro atoms. The van der Waals surface area contributed by atoms with Gasteiger partial charge in [-0.15, -0.1) is 5.10 Å². The lowest BCUT2D eigenvalue weighted by atomic mass is 10.2. The van der Waals surface area contributed by atoms with E-state index >= 15 is 0 Å². The van der Waals surface area contributed by atoms with Gasteiger partial charge in [-0.1, -0.05) is 12.8 Å². The molecule has 2 aliphatic rings. The summed E-state index contributed by atoms with van der Waals surface area (Å²) in [6.45, 7) is 0.744. The van der Waals surface area contributed by atoms with Crippen molar-refractivity contribution in [2.45, 2.75) is 57.3 Å². The number of benzene rings is 1. The number of hydrogen-bond acceptors (Lipinski definition) is 5. The first-order valence-corrected chi connectivity index (χ1v) is 9.13. The van der Waals surface area contributed by atoms with E-state index in [0.717, 1.165) is 18.0 Å². The second-order valence-corrected chi connectivity index (χ2v) is 7.08. The molecule has 2 fully saturated rings. The second kappa shape index (κ2) is 6.69. The minimum absolute atomic E-state index is 0.449. The molecule has 0 saturated heterocycles. The van der Waals surface area contributed by atoms with Gasteiger partial charge in [-0.3, -0.25) is 4.90 Å². The number of aromatic nitrogens is 2. The highest BCUT2D eigenvalue weighted by Crippen LogP contribution is 2.35. The first-order valence-electron chi connectivity index (χ1n) is 8.73. The Morgan fingerprint density at radius 3 is 2.46 bits per heavy atom. The van der Waals surface area contributed by atoms with E-state index in [2.05, 4.69) is 10.00 Å². The average Bonchev–Trinajstić information content (AvgIpc) is 3.17. The smallest absolute Gasteiger partial charge is 0.288 e. The van der Waals surface area contributed by atoms with Gasteiger partial charge in [0.05, 0.1) is 13.8 Å². The van der Waals surface area contributed by atoms with Crippen molar-refractivity contribution in [1.82, 2.24) is 14.7 Å². The molecule has 0 unspecified atom stereocenters. The molecule has 6 heteroatoms. The van der Waals surface area contributed by atoms with Crippen molar-refractivity contribution in [3.63, 3.8) is 0 Å². The number of methoxy groups -OCH3 is 1. The minimum atomic E-state index is 0.449. The third kappa shape index (κ3) is 3.26. The maximum absolute atomic E-state index is 5.74. The summed E-state index contributed by atoms with van der Waals surface area (Å²) in [5.74, 6) is 1.39. The SMILES string of the molecule is COc1ccc(-c2nn(CN(C3CCCC3)C3CC3)c(=S)o2)cc1. The highest BCUT2D eigenvalue weighted by molar-refractivity contribution is 7.71. The molecule has 128 valence electrons. The summed E-state index contributed by atoms with van der Waals surface area (Å²) >= 11 is 5.40. The summed E-state index contributed by atoms with van der Waals surface area (Å²) in [7, 11) is 1.66. The van der Waals surface area contributed by atoms with Crippen LogP contribution in [-0.4, -0.2) is 33.9 Å². The third-order valence-corrected chi connectivity index (χ3v) is 5.34. The molecule has 0 bridgehead atoms. The molecule has 0 aliphatic heterocycles. The Balaban J connectivity index is 1.54. The van der Waals surface area contributed by atoms with E-state index in [0.29, 0.717) is 22.8 Å². The van der Waals surface area contributed by atoms with Crippen molar-refractivity contribution in [3.05, 3.63) is 29.1 Å². The maximum atomic E-state index is 5.74. The molecular formula is C18H23N3O2S. The monoisotopic (exact) mass is 345 g/mol. The Morgan fingerprint density at radius 1 is 1.17 bits per heavy atom. The zero-order valence-electron chi connectivity index (χ0n) is 14.0. The van der Waals surface area contributed by atoms with Crippen LogP contribution in [0.1, 0.15) is 38.5 Å². The van der Waals surface area contributed by atoms with Crippen LogP contribution in [-0.2, 0) is 6.67 Å². The molecule has 2 saturated carbocycles. The summed E-state index contributed by atoms with van der Waals surface area (Å²) < 4.78 is 12.8. The predicted molar refractivity (Wildman–Crippen MR) is 94.4 cm³/mol. The van der Waals surface area contributed by atoms with Crippen LogP contribution in [0.4, 0.5) is 0 Å². The van der Waals surface area contributed by atoms with Gasteiger partial charge in [-0.2, -0.15) is 0 Å². The first-order chi connectivity index (χ1) is 11.7. The predicted octanol–water partition coefficient (Wildman–Crippen LogP) is 4.25. The molecule has 2 aromatic rings. The molecule has 5 nitrogen and oxygen atoms in total. The van der Waals surface area contributed by atoms with Crippen molar-refractivity contribution in [2.75, 3.05) is 7.11 Å². The minimum Gasteiger partial charge on any atom is -0.497 e. The number of hydrogen-bond donors (Lipinski definition) is 0. The molecular weight excluding hydrogens is 322 g/mol. The average molecular weight is 345 g/mol. The quantitative estimate of drug-likeness (QED) is 0.733. The second-order valence-electron chi connectivity index (χ2n) is 6.73. The largest absolute Gasteiger partial charge is 0.497 e. The molecule has 1 heterocycles. The van der Waals surface area contributed by atoms with Crippen molar-refractivity contribution < 1.29 is 9.15 Å². The molecule has 0 N–H and O–H groups in total. The van der Waals surface area contributed by atoms with Crippen LogP contribution in [0, 0.1) is 4.84 Å². The zero-order valence-corrected chi connectivity index (χ0v) is 14.8. The van der Waals surface area contributed by atoms with Crippen molar-refractivity contribution >= 4 is 12.2 Å². The van der Waals surface area contributed by atoms with E-state index in [1.54, 1.807) is 7.11 Å². The van der Waals surface area contributed by atoms with Gasteiger partial charge in [-0.05, 0) is 62.2 Å². The Labute approximate surface area is 147 Å². The Bertz CT molecular complexity index is 742. The number of ether oxygens (including phenoxy) is 1. The van der Waals surface area contributed by atoms with Gasteiger partial charge in [-0.25, -0.2) is 4.68 Å². The van der Waals surface area contributed by atoms with Gasteiger partial charge in [0.2, 0.25) is 5.89 Å². The molecule has 24 heavy (non-hydrogen) atoms. The summed E-state index contributed by atoms with van der Waals surface area (Å²) in [6, 6.07) is 9.08. The summed E-state index contributed by atoms with van der Waals surface area (Å²) in [4.78, 5) is 3.04.